The van der Waals surface area contributed by atoms with Gasteiger partial charge in [0.2, 0.25) is 5.91 Å². The van der Waals surface area contributed by atoms with Crippen molar-refractivity contribution in [2.24, 2.45) is 0 Å². The second-order valence-corrected chi connectivity index (χ2v) is 6.64. The number of nitrogens with zero attached hydrogens (tertiary/aromatic N) is 2. The molecule has 134 valence electrons. The molecule has 5 heteroatoms. The van der Waals surface area contributed by atoms with Crippen molar-refractivity contribution in [3.05, 3.63) is 76.4 Å². The molecule has 0 aliphatic heterocycles. The molecule has 26 heavy (non-hydrogen) atoms. The van der Waals surface area contributed by atoms with E-state index in [0.717, 1.165) is 39.5 Å². The first-order valence-corrected chi connectivity index (χ1v) is 8.52. The molecule has 0 radical (unpaired) electrons. The molecule has 0 atom stereocenters. The van der Waals surface area contributed by atoms with Crippen LogP contribution in [0.3, 0.4) is 0 Å². The standard InChI is InChI=1S/C21H22FN3O/c1-13-9-14(2)11-18(10-13)23-21(26)12-20-15(3)24-25(16(20)4)19-7-5-17(22)6-8-19/h5-11H,12H2,1-4H3,(H,23,26). The quantitative estimate of drug-likeness (QED) is 0.756. The number of anilines is 1. The summed E-state index contributed by atoms with van der Waals surface area (Å²) in [6, 6.07) is 12.1. The average Bonchev–Trinajstić information content (AvgIpc) is 2.83. The summed E-state index contributed by atoms with van der Waals surface area (Å²) in [6.07, 6.45) is 0.242. The number of carbonyl (C=O) groups excluding carboxylic acids is 1. The monoisotopic (exact) mass is 351 g/mol. The summed E-state index contributed by atoms with van der Waals surface area (Å²) in [5, 5.41) is 7.47. The lowest BCUT2D eigenvalue weighted by Gasteiger charge is -2.08. The maximum atomic E-state index is 13.1. The Morgan fingerprint density at radius 3 is 2.27 bits per heavy atom. The fraction of sp³-hybridized carbons (Fsp3) is 0.238. The first-order valence-electron chi connectivity index (χ1n) is 8.52. The summed E-state index contributed by atoms with van der Waals surface area (Å²) >= 11 is 0. The van der Waals surface area contributed by atoms with Crippen molar-refractivity contribution in [1.29, 1.82) is 0 Å². The van der Waals surface area contributed by atoms with Gasteiger partial charge in [0.15, 0.2) is 0 Å². The molecule has 1 heterocycles. The predicted octanol–water partition coefficient (Wildman–Crippen LogP) is 4.43. The lowest BCUT2D eigenvalue weighted by Crippen LogP contribution is -2.15. The number of rotatable bonds is 4. The van der Waals surface area contributed by atoms with Gasteiger partial charge in [0.1, 0.15) is 5.82 Å². The average molecular weight is 351 g/mol. The van der Waals surface area contributed by atoms with Gasteiger partial charge < -0.3 is 5.32 Å². The Bertz CT molecular complexity index is 938. The van der Waals surface area contributed by atoms with Crippen LogP contribution in [0.1, 0.15) is 28.1 Å². The molecule has 0 fully saturated rings. The number of hydrogen-bond donors (Lipinski definition) is 1. The summed E-state index contributed by atoms with van der Waals surface area (Å²) in [4.78, 5) is 12.5. The number of aromatic nitrogens is 2. The third kappa shape index (κ3) is 3.82. The van der Waals surface area contributed by atoms with Gasteiger partial charge in [-0.05, 0) is 75.2 Å². The van der Waals surface area contributed by atoms with Gasteiger partial charge >= 0.3 is 0 Å². The van der Waals surface area contributed by atoms with Gasteiger partial charge in [0, 0.05) is 16.9 Å². The summed E-state index contributed by atoms with van der Waals surface area (Å²) < 4.78 is 14.9. The van der Waals surface area contributed by atoms with E-state index >= 15 is 0 Å². The van der Waals surface area contributed by atoms with Gasteiger partial charge in [-0.2, -0.15) is 5.10 Å². The molecule has 4 nitrogen and oxygen atoms in total. The van der Waals surface area contributed by atoms with Crippen LogP contribution in [0.25, 0.3) is 5.69 Å². The molecular formula is C21H22FN3O. The van der Waals surface area contributed by atoms with E-state index in [1.807, 2.05) is 39.8 Å². The second-order valence-electron chi connectivity index (χ2n) is 6.64. The van der Waals surface area contributed by atoms with Crippen LogP contribution in [-0.2, 0) is 11.2 Å². The molecule has 3 aromatic rings. The molecule has 0 saturated heterocycles. The first kappa shape index (κ1) is 17.9. The maximum absolute atomic E-state index is 13.1. The van der Waals surface area contributed by atoms with Crippen LogP contribution >= 0.6 is 0 Å². The molecule has 0 aliphatic rings. The molecule has 1 amide bonds. The Morgan fingerprint density at radius 2 is 1.65 bits per heavy atom. The lowest BCUT2D eigenvalue weighted by atomic mass is 10.1. The highest BCUT2D eigenvalue weighted by Gasteiger charge is 2.16. The van der Waals surface area contributed by atoms with Crippen LogP contribution in [0.2, 0.25) is 0 Å². The molecule has 0 saturated carbocycles. The maximum Gasteiger partial charge on any atom is 0.228 e. The van der Waals surface area contributed by atoms with E-state index in [-0.39, 0.29) is 18.1 Å². The fourth-order valence-corrected chi connectivity index (χ4v) is 3.18. The van der Waals surface area contributed by atoms with Crippen molar-refractivity contribution >= 4 is 11.6 Å². The van der Waals surface area contributed by atoms with Crippen LogP contribution < -0.4 is 5.32 Å². The minimum atomic E-state index is -0.289. The normalized spacial score (nSPS) is 10.8. The van der Waals surface area contributed by atoms with Crippen molar-refractivity contribution in [1.82, 2.24) is 9.78 Å². The van der Waals surface area contributed by atoms with Crippen LogP contribution in [0.15, 0.2) is 42.5 Å². The zero-order chi connectivity index (χ0) is 18.8. The van der Waals surface area contributed by atoms with E-state index in [9.17, 15) is 9.18 Å². The minimum absolute atomic E-state index is 0.0835. The molecule has 2 aromatic carbocycles. The van der Waals surface area contributed by atoms with Crippen LogP contribution in [0.4, 0.5) is 10.1 Å². The number of carbonyl (C=O) groups is 1. The summed E-state index contributed by atoms with van der Waals surface area (Å²) in [7, 11) is 0. The molecular weight excluding hydrogens is 329 g/mol. The lowest BCUT2D eigenvalue weighted by molar-refractivity contribution is -0.115. The second kappa shape index (κ2) is 7.12. The van der Waals surface area contributed by atoms with Gasteiger partial charge in [0.05, 0.1) is 17.8 Å². The molecule has 3 rings (SSSR count). The largest absolute Gasteiger partial charge is 0.326 e. The third-order valence-corrected chi connectivity index (χ3v) is 4.36. The van der Waals surface area contributed by atoms with Gasteiger partial charge in [-0.15, -0.1) is 0 Å². The molecule has 1 aromatic heterocycles. The number of aryl methyl sites for hydroxylation is 3. The smallest absolute Gasteiger partial charge is 0.228 e. The Kier molecular flexibility index (Phi) is 4.89. The van der Waals surface area contributed by atoms with E-state index in [0.29, 0.717) is 0 Å². The fourth-order valence-electron chi connectivity index (χ4n) is 3.18. The highest BCUT2D eigenvalue weighted by Crippen LogP contribution is 2.20. The van der Waals surface area contributed by atoms with Crippen molar-refractivity contribution in [3.8, 4) is 5.69 Å². The number of benzene rings is 2. The van der Waals surface area contributed by atoms with Crippen molar-refractivity contribution < 1.29 is 9.18 Å². The minimum Gasteiger partial charge on any atom is -0.326 e. The van der Waals surface area contributed by atoms with Gasteiger partial charge in [-0.3, -0.25) is 4.79 Å². The molecule has 1 N–H and O–H groups in total. The summed E-state index contributed by atoms with van der Waals surface area (Å²) in [5.41, 5.74) is 6.35. The van der Waals surface area contributed by atoms with Crippen molar-refractivity contribution in [2.45, 2.75) is 34.1 Å². The molecule has 0 unspecified atom stereocenters. The van der Waals surface area contributed by atoms with Crippen LogP contribution in [0.5, 0.6) is 0 Å². The SMILES string of the molecule is Cc1cc(C)cc(NC(=O)Cc2c(C)nn(-c3ccc(F)cc3)c2C)c1. The number of nitrogens with one attached hydrogen (secondary N) is 1. The summed E-state index contributed by atoms with van der Waals surface area (Å²) in [5.74, 6) is -0.372. The molecule has 0 spiro atoms. The predicted molar refractivity (Wildman–Crippen MR) is 101 cm³/mol. The van der Waals surface area contributed by atoms with E-state index < -0.39 is 0 Å². The highest BCUT2D eigenvalue weighted by molar-refractivity contribution is 5.92. The zero-order valence-electron chi connectivity index (χ0n) is 15.4. The Morgan fingerprint density at radius 1 is 1.04 bits per heavy atom. The van der Waals surface area contributed by atoms with E-state index in [1.165, 1.54) is 12.1 Å². The Hall–Kier alpha value is -2.95. The van der Waals surface area contributed by atoms with Crippen LogP contribution in [0, 0.1) is 33.5 Å². The van der Waals surface area contributed by atoms with Crippen molar-refractivity contribution in [2.75, 3.05) is 5.32 Å². The van der Waals surface area contributed by atoms with Crippen molar-refractivity contribution in [3.63, 3.8) is 0 Å². The molecule has 0 bridgehead atoms. The first-order chi connectivity index (χ1) is 12.3. The zero-order valence-corrected chi connectivity index (χ0v) is 15.4. The van der Waals surface area contributed by atoms with Crippen LogP contribution in [-0.4, -0.2) is 15.7 Å². The van der Waals surface area contributed by atoms with Gasteiger partial charge in [0.25, 0.3) is 0 Å². The van der Waals surface area contributed by atoms with E-state index in [1.54, 1.807) is 16.8 Å². The number of halogens is 1. The Balaban J connectivity index is 1.81. The van der Waals surface area contributed by atoms with Gasteiger partial charge in [-0.25, -0.2) is 9.07 Å². The molecule has 0 aliphatic carbocycles. The van der Waals surface area contributed by atoms with E-state index in [4.69, 9.17) is 0 Å². The van der Waals surface area contributed by atoms with Gasteiger partial charge in [-0.1, -0.05) is 6.07 Å². The topological polar surface area (TPSA) is 46.9 Å². The highest BCUT2D eigenvalue weighted by atomic mass is 19.1. The number of amides is 1. The van der Waals surface area contributed by atoms with E-state index in [2.05, 4.69) is 16.5 Å². The third-order valence-electron chi connectivity index (χ3n) is 4.36. The Labute approximate surface area is 152 Å². The number of hydrogen-bond acceptors (Lipinski definition) is 2. The summed E-state index contributed by atoms with van der Waals surface area (Å²) in [6.45, 7) is 7.81.